The van der Waals surface area contributed by atoms with E-state index < -0.39 is 0 Å². The first-order valence-electron chi connectivity index (χ1n) is 6.01. The summed E-state index contributed by atoms with van der Waals surface area (Å²) in [5, 5.41) is 14.2. The van der Waals surface area contributed by atoms with Crippen LogP contribution >= 0.6 is 0 Å². The van der Waals surface area contributed by atoms with Gasteiger partial charge in [-0.1, -0.05) is 0 Å². The predicted octanol–water partition coefficient (Wildman–Crippen LogP) is 2.28. The van der Waals surface area contributed by atoms with Gasteiger partial charge in [0.15, 0.2) is 0 Å². The molecule has 0 aliphatic heterocycles. The molecule has 1 saturated carbocycles. The lowest BCUT2D eigenvalue weighted by atomic mass is 10.2. The molecule has 1 N–H and O–H groups in total. The van der Waals surface area contributed by atoms with Gasteiger partial charge in [-0.15, -0.1) is 0 Å². The van der Waals surface area contributed by atoms with Gasteiger partial charge in [-0.25, -0.2) is 4.98 Å². The Morgan fingerprint density at radius 2 is 2.33 bits per heavy atom. The topological polar surface area (TPSA) is 77.3 Å². The van der Waals surface area contributed by atoms with Crippen molar-refractivity contribution in [1.29, 1.82) is 0 Å². The molecule has 6 heteroatoms. The molecule has 0 spiro atoms. The van der Waals surface area contributed by atoms with Crippen molar-refractivity contribution in [1.82, 2.24) is 4.98 Å². The molecule has 1 aromatic rings. The largest absolute Gasteiger partial charge is 0.381 e. The molecule has 1 aliphatic rings. The molecule has 2 unspecified atom stereocenters. The zero-order chi connectivity index (χ0) is 13.1. The van der Waals surface area contributed by atoms with Gasteiger partial charge in [0, 0.05) is 24.9 Å². The molecule has 0 saturated heterocycles. The second kappa shape index (κ2) is 5.30. The molecule has 1 fully saturated rings. The van der Waals surface area contributed by atoms with Crippen LogP contribution in [-0.2, 0) is 4.74 Å². The first-order chi connectivity index (χ1) is 8.61. The Hall–Kier alpha value is -1.69. The summed E-state index contributed by atoms with van der Waals surface area (Å²) in [5.41, 5.74) is 0.692. The fourth-order valence-corrected chi connectivity index (χ4v) is 2.37. The Kier molecular flexibility index (Phi) is 3.76. The molecule has 1 aromatic heterocycles. The number of aromatic nitrogens is 1. The van der Waals surface area contributed by atoms with Crippen molar-refractivity contribution in [3.05, 3.63) is 27.9 Å². The van der Waals surface area contributed by atoms with Crippen LogP contribution in [0.2, 0.25) is 0 Å². The summed E-state index contributed by atoms with van der Waals surface area (Å²) in [5.74, 6) is 0.363. The minimum absolute atomic E-state index is 0.0679. The highest BCUT2D eigenvalue weighted by Gasteiger charge is 2.27. The molecule has 2 atom stereocenters. The highest BCUT2D eigenvalue weighted by Crippen LogP contribution is 2.30. The average Bonchev–Trinajstić information content (AvgIpc) is 2.76. The fourth-order valence-electron chi connectivity index (χ4n) is 2.37. The summed E-state index contributed by atoms with van der Waals surface area (Å²) in [6.45, 7) is 1.72. The Labute approximate surface area is 106 Å². The molecule has 0 amide bonds. The molecule has 2 rings (SSSR count). The van der Waals surface area contributed by atoms with Gasteiger partial charge in [0.25, 0.3) is 0 Å². The smallest absolute Gasteiger partial charge is 0.314 e. The van der Waals surface area contributed by atoms with Crippen molar-refractivity contribution < 1.29 is 9.66 Å². The number of methoxy groups -OCH3 is 1. The zero-order valence-corrected chi connectivity index (χ0v) is 10.5. The number of aryl methyl sites for hydroxylation is 1. The van der Waals surface area contributed by atoms with Crippen LogP contribution in [0.5, 0.6) is 0 Å². The second-order valence-electron chi connectivity index (χ2n) is 4.59. The van der Waals surface area contributed by atoms with Gasteiger partial charge in [-0.3, -0.25) is 10.1 Å². The van der Waals surface area contributed by atoms with Crippen LogP contribution in [-0.4, -0.2) is 29.2 Å². The maximum Gasteiger partial charge on any atom is 0.314 e. The quantitative estimate of drug-likeness (QED) is 0.656. The van der Waals surface area contributed by atoms with Crippen LogP contribution < -0.4 is 5.32 Å². The molecule has 1 aliphatic carbocycles. The van der Waals surface area contributed by atoms with E-state index in [0.717, 1.165) is 19.3 Å². The van der Waals surface area contributed by atoms with Gasteiger partial charge in [0.2, 0.25) is 5.82 Å². The van der Waals surface area contributed by atoms with E-state index in [0.29, 0.717) is 11.4 Å². The van der Waals surface area contributed by atoms with Gasteiger partial charge < -0.3 is 10.1 Å². The van der Waals surface area contributed by atoms with Gasteiger partial charge in [0.05, 0.1) is 11.0 Å². The van der Waals surface area contributed by atoms with Gasteiger partial charge >= 0.3 is 5.69 Å². The van der Waals surface area contributed by atoms with Crippen LogP contribution in [0.15, 0.2) is 12.3 Å². The highest BCUT2D eigenvalue weighted by molar-refractivity contribution is 5.60. The van der Waals surface area contributed by atoms with Crippen molar-refractivity contribution in [2.24, 2.45) is 0 Å². The predicted molar refractivity (Wildman–Crippen MR) is 67.7 cm³/mol. The Morgan fingerprint density at radius 1 is 1.56 bits per heavy atom. The third-order valence-electron chi connectivity index (χ3n) is 3.37. The van der Waals surface area contributed by atoms with Crippen molar-refractivity contribution in [3.63, 3.8) is 0 Å². The summed E-state index contributed by atoms with van der Waals surface area (Å²) in [7, 11) is 1.69. The van der Waals surface area contributed by atoms with Crippen LogP contribution in [0, 0.1) is 17.0 Å². The lowest BCUT2D eigenvalue weighted by molar-refractivity contribution is -0.384. The van der Waals surface area contributed by atoms with Crippen molar-refractivity contribution in [2.75, 3.05) is 12.4 Å². The third kappa shape index (κ3) is 2.59. The standard InChI is InChI=1S/C12H17N3O3/c1-8-5-6-13-12(11(8)15(16)17)14-9-3-4-10(7-9)18-2/h5-6,9-10H,3-4,7H2,1-2H3,(H,13,14). The van der Waals surface area contributed by atoms with E-state index in [1.807, 2.05) is 0 Å². The van der Waals surface area contributed by atoms with Crippen molar-refractivity contribution in [3.8, 4) is 0 Å². The number of nitrogens with zero attached hydrogens (tertiary/aromatic N) is 2. The second-order valence-corrected chi connectivity index (χ2v) is 4.59. The summed E-state index contributed by atoms with van der Waals surface area (Å²) in [4.78, 5) is 14.7. The van der Waals surface area contributed by atoms with Crippen molar-refractivity contribution >= 4 is 11.5 Å². The molecule has 98 valence electrons. The Morgan fingerprint density at radius 3 is 2.94 bits per heavy atom. The summed E-state index contributed by atoms with van der Waals surface area (Å²) in [6, 6.07) is 1.85. The van der Waals surface area contributed by atoms with E-state index in [9.17, 15) is 10.1 Å². The molecular weight excluding hydrogens is 234 g/mol. The van der Waals surface area contributed by atoms with Crippen LogP contribution in [0.25, 0.3) is 0 Å². The van der Waals surface area contributed by atoms with Gasteiger partial charge in [-0.05, 0) is 32.3 Å². The number of nitrogens with one attached hydrogen (secondary N) is 1. The molecule has 0 bridgehead atoms. The molecule has 18 heavy (non-hydrogen) atoms. The summed E-state index contributed by atoms with van der Waals surface area (Å²) >= 11 is 0. The van der Waals surface area contributed by atoms with Crippen molar-refractivity contribution in [2.45, 2.75) is 38.3 Å². The van der Waals surface area contributed by atoms with E-state index in [1.165, 1.54) is 0 Å². The fraction of sp³-hybridized carbons (Fsp3) is 0.583. The molecule has 6 nitrogen and oxygen atoms in total. The Balaban J connectivity index is 2.15. The number of rotatable bonds is 4. The lowest BCUT2D eigenvalue weighted by Crippen LogP contribution is -2.19. The molecule has 0 radical (unpaired) electrons. The normalized spacial score (nSPS) is 23.0. The number of nitro groups is 1. The minimum Gasteiger partial charge on any atom is -0.381 e. The Bertz CT molecular complexity index is 450. The number of hydrogen-bond acceptors (Lipinski definition) is 5. The number of anilines is 1. The monoisotopic (exact) mass is 251 g/mol. The molecular formula is C12H17N3O3. The third-order valence-corrected chi connectivity index (χ3v) is 3.37. The first kappa shape index (κ1) is 12.8. The van der Waals surface area contributed by atoms with Crippen LogP contribution in [0.4, 0.5) is 11.5 Å². The minimum atomic E-state index is -0.382. The maximum absolute atomic E-state index is 11.0. The van der Waals surface area contributed by atoms with E-state index in [4.69, 9.17) is 4.74 Å². The van der Waals surface area contributed by atoms with E-state index >= 15 is 0 Å². The zero-order valence-electron chi connectivity index (χ0n) is 10.5. The van der Waals surface area contributed by atoms with Crippen LogP contribution in [0.1, 0.15) is 24.8 Å². The van der Waals surface area contributed by atoms with Gasteiger partial charge in [0.1, 0.15) is 0 Å². The highest BCUT2D eigenvalue weighted by atomic mass is 16.6. The summed E-state index contributed by atoms with van der Waals surface area (Å²) in [6.07, 6.45) is 4.63. The van der Waals surface area contributed by atoms with E-state index in [-0.39, 0.29) is 22.8 Å². The van der Waals surface area contributed by atoms with E-state index in [2.05, 4.69) is 10.3 Å². The number of ether oxygens (including phenoxy) is 1. The van der Waals surface area contributed by atoms with Gasteiger partial charge in [-0.2, -0.15) is 0 Å². The first-order valence-corrected chi connectivity index (χ1v) is 6.01. The number of hydrogen-bond donors (Lipinski definition) is 1. The number of pyridine rings is 1. The SMILES string of the molecule is COC1CCC(Nc2nccc(C)c2[N+](=O)[O-])C1. The molecule has 0 aromatic carbocycles. The molecule has 1 heterocycles. The van der Waals surface area contributed by atoms with E-state index in [1.54, 1.807) is 26.3 Å². The summed E-state index contributed by atoms with van der Waals surface area (Å²) < 4.78 is 5.29. The lowest BCUT2D eigenvalue weighted by Gasteiger charge is -2.14. The van der Waals surface area contributed by atoms with Crippen LogP contribution in [0.3, 0.4) is 0 Å². The average molecular weight is 251 g/mol. The maximum atomic E-state index is 11.0.